The van der Waals surface area contributed by atoms with Crippen molar-refractivity contribution in [1.29, 1.82) is 0 Å². The first-order valence-electron chi connectivity index (χ1n) is 6.43. The van der Waals surface area contributed by atoms with Crippen molar-refractivity contribution in [2.75, 3.05) is 18.5 Å². The first kappa shape index (κ1) is 12.3. The minimum atomic E-state index is 0.670. The number of rotatable bonds is 6. The lowest BCUT2D eigenvalue weighted by molar-refractivity contribution is 0.546. The maximum absolute atomic E-state index is 4.27. The van der Waals surface area contributed by atoms with Gasteiger partial charge in [0.1, 0.15) is 0 Å². The first-order chi connectivity index (χ1) is 8.16. The molecule has 0 saturated heterocycles. The molecule has 4 heteroatoms. The van der Waals surface area contributed by atoms with Crippen LogP contribution in [0.3, 0.4) is 0 Å². The fourth-order valence-corrected chi connectivity index (χ4v) is 1.77. The normalized spacial score (nSPS) is 15.3. The first-order valence-corrected chi connectivity index (χ1v) is 6.43. The van der Waals surface area contributed by atoms with Crippen LogP contribution in [0.15, 0.2) is 12.1 Å². The zero-order valence-corrected chi connectivity index (χ0v) is 11.0. The van der Waals surface area contributed by atoms with E-state index in [1.165, 1.54) is 12.8 Å². The standard InChI is InChI=1S/C13H22N4/c1-10(2)8-14-9-11-4-7-13(16-15-11)17(3)12-5-6-12/h4,7,10,12,14H,5-6,8-9H2,1-3H3. The van der Waals surface area contributed by atoms with Crippen LogP contribution in [0.25, 0.3) is 0 Å². The molecule has 1 aliphatic carbocycles. The number of anilines is 1. The van der Waals surface area contributed by atoms with Gasteiger partial charge in [0.15, 0.2) is 5.82 Å². The third-order valence-electron chi connectivity index (χ3n) is 3.02. The fourth-order valence-electron chi connectivity index (χ4n) is 1.77. The Morgan fingerprint density at radius 2 is 2.12 bits per heavy atom. The summed E-state index contributed by atoms with van der Waals surface area (Å²) in [6.45, 7) is 6.22. The van der Waals surface area contributed by atoms with E-state index in [1.54, 1.807) is 0 Å². The zero-order chi connectivity index (χ0) is 12.3. The predicted octanol–water partition coefficient (Wildman–Crippen LogP) is 1.82. The Kier molecular flexibility index (Phi) is 3.94. The lowest BCUT2D eigenvalue weighted by Gasteiger charge is -2.16. The summed E-state index contributed by atoms with van der Waals surface area (Å²) in [5.41, 5.74) is 1.01. The maximum Gasteiger partial charge on any atom is 0.151 e. The summed E-state index contributed by atoms with van der Waals surface area (Å²) in [4.78, 5) is 2.22. The Bertz CT molecular complexity index is 343. The van der Waals surface area contributed by atoms with Crippen molar-refractivity contribution < 1.29 is 0 Å². The molecule has 0 bridgehead atoms. The van der Waals surface area contributed by atoms with Crippen molar-refractivity contribution in [3.63, 3.8) is 0 Å². The Morgan fingerprint density at radius 1 is 1.35 bits per heavy atom. The van der Waals surface area contributed by atoms with E-state index in [0.29, 0.717) is 12.0 Å². The van der Waals surface area contributed by atoms with Gasteiger partial charge in [0, 0.05) is 19.6 Å². The lowest BCUT2D eigenvalue weighted by Crippen LogP contribution is -2.22. The van der Waals surface area contributed by atoms with Crippen LogP contribution in [0.5, 0.6) is 0 Å². The number of aromatic nitrogens is 2. The van der Waals surface area contributed by atoms with Crippen LogP contribution in [0.2, 0.25) is 0 Å². The quantitative estimate of drug-likeness (QED) is 0.815. The third-order valence-corrected chi connectivity index (χ3v) is 3.02. The molecule has 0 spiro atoms. The van der Waals surface area contributed by atoms with E-state index in [2.05, 4.69) is 53.4 Å². The van der Waals surface area contributed by atoms with Crippen LogP contribution in [-0.4, -0.2) is 29.8 Å². The molecule has 0 atom stereocenters. The van der Waals surface area contributed by atoms with Gasteiger partial charge in [-0.25, -0.2) is 0 Å². The molecule has 1 aliphatic rings. The van der Waals surface area contributed by atoms with Gasteiger partial charge in [-0.15, -0.1) is 5.10 Å². The summed E-state index contributed by atoms with van der Waals surface area (Å²) >= 11 is 0. The molecule has 4 nitrogen and oxygen atoms in total. The molecule has 2 rings (SSSR count). The summed E-state index contributed by atoms with van der Waals surface area (Å²) in [5.74, 6) is 1.66. The SMILES string of the molecule is CC(C)CNCc1ccc(N(C)C2CC2)nn1. The fraction of sp³-hybridized carbons (Fsp3) is 0.692. The monoisotopic (exact) mass is 234 g/mol. The molecule has 1 N–H and O–H groups in total. The second-order valence-electron chi connectivity index (χ2n) is 5.25. The van der Waals surface area contributed by atoms with Crippen molar-refractivity contribution in [3.05, 3.63) is 17.8 Å². The number of hydrogen-bond acceptors (Lipinski definition) is 4. The van der Waals surface area contributed by atoms with Crippen molar-refractivity contribution >= 4 is 5.82 Å². The van der Waals surface area contributed by atoms with E-state index in [1.807, 2.05) is 0 Å². The zero-order valence-electron chi connectivity index (χ0n) is 11.0. The van der Waals surface area contributed by atoms with Gasteiger partial charge in [-0.1, -0.05) is 13.8 Å². The van der Waals surface area contributed by atoms with Gasteiger partial charge >= 0.3 is 0 Å². The second-order valence-corrected chi connectivity index (χ2v) is 5.25. The van der Waals surface area contributed by atoms with Crippen molar-refractivity contribution in [3.8, 4) is 0 Å². The van der Waals surface area contributed by atoms with E-state index in [4.69, 9.17) is 0 Å². The Balaban J connectivity index is 1.84. The van der Waals surface area contributed by atoms with E-state index in [0.717, 1.165) is 24.6 Å². The van der Waals surface area contributed by atoms with Crippen molar-refractivity contribution in [1.82, 2.24) is 15.5 Å². The maximum atomic E-state index is 4.27. The lowest BCUT2D eigenvalue weighted by atomic mass is 10.2. The van der Waals surface area contributed by atoms with Gasteiger partial charge in [-0.05, 0) is 37.4 Å². The van der Waals surface area contributed by atoms with Crippen LogP contribution >= 0.6 is 0 Å². The van der Waals surface area contributed by atoms with Gasteiger partial charge in [0.05, 0.1) is 5.69 Å². The van der Waals surface area contributed by atoms with Gasteiger partial charge in [0.25, 0.3) is 0 Å². The minimum absolute atomic E-state index is 0.670. The topological polar surface area (TPSA) is 41.0 Å². The molecule has 0 aliphatic heterocycles. The molecule has 94 valence electrons. The highest BCUT2D eigenvalue weighted by Crippen LogP contribution is 2.28. The summed E-state index contributed by atoms with van der Waals surface area (Å²) in [6, 6.07) is 4.82. The molecule has 1 saturated carbocycles. The van der Waals surface area contributed by atoms with Gasteiger partial charge in [0.2, 0.25) is 0 Å². The van der Waals surface area contributed by atoms with E-state index < -0.39 is 0 Å². The molecule has 0 aromatic carbocycles. The van der Waals surface area contributed by atoms with Crippen LogP contribution < -0.4 is 10.2 Å². The van der Waals surface area contributed by atoms with E-state index in [9.17, 15) is 0 Å². The Morgan fingerprint density at radius 3 is 2.65 bits per heavy atom. The highest BCUT2D eigenvalue weighted by Gasteiger charge is 2.27. The van der Waals surface area contributed by atoms with Gasteiger partial charge in [-0.3, -0.25) is 0 Å². The van der Waals surface area contributed by atoms with E-state index >= 15 is 0 Å². The Labute approximate surface area is 103 Å². The van der Waals surface area contributed by atoms with E-state index in [-0.39, 0.29) is 0 Å². The van der Waals surface area contributed by atoms with Crippen LogP contribution in [-0.2, 0) is 6.54 Å². The molecular formula is C13H22N4. The number of hydrogen-bond donors (Lipinski definition) is 1. The van der Waals surface area contributed by atoms with Gasteiger partial charge in [-0.2, -0.15) is 5.10 Å². The summed E-state index contributed by atoms with van der Waals surface area (Å²) < 4.78 is 0. The second kappa shape index (κ2) is 5.45. The molecule has 1 heterocycles. The highest BCUT2D eigenvalue weighted by molar-refractivity contribution is 5.39. The molecule has 17 heavy (non-hydrogen) atoms. The average molecular weight is 234 g/mol. The van der Waals surface area contributed by atoms with Crippen molar-refractivity contribution in [2.45, 2.75) is 39.3 Å². The summed E-state index contributed by atoms with van der Waals surface area (Å²) in [7, 11) is 2.10. The van der Waals surface area contributed by atoms with Crippen LogP contribution in [0.1, 0.15) is 32.4 Å². The number of nitrogens with one attached hydrogen (secondary N) is 1. The minimum Gasteiger partial charge on any atom is -0.355 e. The van der Waals surface area contributed by atoms with Gasteiger partial charge < -0.3 is 10.2 Å². The predicted molar refractivity (Wildman–Crippen MR) is 70.0 cm³/mol. The Hall–Kier alpha value is -1.16. The largest absolute Gasteiger partial charge is 0.355 e. The molecule has 1 aromatic rings. The molecule has 1 aromatic heterocycles. The molecular weight excluding hydrogens is 212 g/mol. The van der Waals surface area contributed by atoms with Crippen LogP contribution in [0.4, 0.5) is 5.82 Å². The third kappa shape index (κ3) is 3.66. The molecule has 1 fully saturated rings. The number of nitrogens with zero attached hydrogens (tertiary/aromatic N) is 3. The summed E-state index contributed by atoms with van der Waals surface area (Å²) in [5, 5.41) is 11.9. The van der Waals surface area contributed by atoms with Crippen molar-refractivity contribution in [2.24, 2.45) is 5.92 Å². The summed E-state index contributed by atoms with van der Waals surface area (Å²) in [6.07, 6.45) is 2.58. The smallest absolute Gasteiger partial charge is 0.151 e. The van der Waals surface area contributed by atoms with Crippen LogP contribution in [0, 0.1) is 5.92 Å². The molecule has 0 unspecified atom stereocenters. The molecule has 0 radical (unpaired) electrons. The average Bonchev–Trinajstić information content (AvgIpc) is 3.12. The molecule has 0 amide bonds. The highest BCUT2D eigenvalue weighted by atomic mass is 15.3.